The Labute approximate surface area is 255 Å². The second kappa shape index (κ2) is 15.7. The largest absolute Gasteiger partial charge is 0.508 e. The smallest absolute Gasteiger partial charge is 0.259 e. The van der Waals surface area contributed by atoms with E-state index in [1.165, 1.54) is 30.7 Å². The van der Waals surface area contributed by atoms with Gasteiger partial charge in [0.1, 0.15) is 17.2 Å². The molecule has 3 aromatic rings. The van der Waals surface area contributed by atoms with Crippen LogP contribution >= 0.6 is 12.4 Å². The van der Waals surface area contributed by atoms with E-state index >= 15 is 0 Å². The van der Waals surface area contributed by atoms with E-state index < -0.39 is 5.91 Å². The molecule has 5 rings (SSSR count). The molecule has 0 bridgehead atoms. The van der Waals surface area contributed by atoms with Crippen LogP contribution in [0, 0.1) is 0 Å². The first-order valence-corrected chi connectivity index (χ1v) is 12.8. The SMILES string of the molecule is Cl.N.N.N.NC[C@@H]1CCCN1c1nc(Nc2ccc(NC(=O)c3ccc(O)cc3O)c(O)c2)nc(N2CCCCC2)n1.[HH].[HH].[HH]. The van der Waals surface area contributed by atoms with E-state index in [4.69, 9.17) is 10.7 Å². The van der Waals surface area contributed by atoms with Crippen LogP contribution in [-0.4, -0.2) is 68.4 Å². The number of piperidine rings is 1. The first-order valence-electron chi connectivity index (χ1n) is 12.8. The summed E-state index contributed by atoms with van der Waals surface area (Å²) in [5, 5.41) is 35.7. The lowest BCUT2D eigenvalue weighted by Crippen LogP contribution is -2.37. The monoisotopic (exact) mass is 613 g/mol. The summed E-state index contributed by atoms with van der Waals surface area (Å²) in [4.78, 5) is 31.0. The van der Waals surface area contributed by atoms with Crippen molar-refractivity contribution in [2.45, 2.75) is 38.1 Å². The fourth-order valence-corrected chi connectivity index (χ4v) is 4.86. The maximum atomic E-state index is 12.6. The van der Waals surface area contributed by atoms with E-state index in [-0.39, 0.29) is 69.7 Å². The van der Waals surface area contributed by atoms with Gasteiger partial charge in [0, 0.05) is 54.3 Å². The molecule has 16 heteroatoms. The van der Waals surface area contributed by atoms with Gasteiger partial charge in [-0.3, -0.25) is 4.79 Å². The van der Waals surface area contributed by atoms with Crippen LogP contribution in [0.1, 0.15) is 46.7 Å². The number of carbonyl (C=O) groups is 1. The Morgan fingerprint density at radius 3 is 2.29 bits per heavy atom. The molecule has 1 aromatic heterocycles. The lowest BCUT2D eigenvalue weighted by molar-refractivity contribution is 0.102. The predicted octanol–water partition coefficient (Wildman–Crippen LogP) is 4.55. The molecule has 0 saturated carbocycles. The van der Waals surface area contributed by atoms with E-state index in [2.05, 4.69) is 30.4 Å². The van der Waals surface area contributed by atoms with Gasteiger partial charge in [-0.05, 0) is 56.4 Å². The standard InChI is InChI=1S/C26H32N8O4.ClH.3H3N.3H2/c27-15-17-5-4-12-34(17)26-31-24(30-25(32-26)33-10-2-1-3-11-33)28-16-6-9-20(22(37)13-16)29-23(38)19-8-7-18(35)14-21(19)36;;;;;;;/h6-9,13-14,17,35-37H,1-5,10-12,15,27H2,(H,29,38)(H,28,30,31,32);1H;3*1H3;3*1H/t17-;;;;;;;/m0......./s1. The van der Waals surface area contributed by atoms with Crippen LogP contribution in [0.3, 0.4) is 0 Å². The number of aromatic hydroxyl groups is 3. The average Bonchev–Trinajstić information content (AvgIpc) is 3.40. The molecule has 238 valence electrons. The number of amides is 1. The predicted molar refractivity (Wildman–Crippen MR) is 173 cm³/mol. The zero-order chi connectivity index (χ0) is 26.6. The molecular formula is C26H48ClN11O4. The van der Waals surface area contributed by atoms with Gasteiger partial charge < -0.3 is 59.9 Å². The minimum atomic E-state index is -0.633. The number of hydrogen-bond acceptors (Lipinski definition) is 14. The maximum Gasteiger partial charge on any atom is 0.259 e. The molecule has 2 aliphatic heterocycles. The van der Waals surface area contributed by atoms with Gasteiger partial charge in [-0.15, -0.1) is 12.4 Å². The number of rotatable bonds is 7. The molecule has 2 saturated heterocycles. The second-order valence-corrected chi connectivity index (χ2v) is 9.54. The summed E-state index contributed by atoms with van der Waals surface area (Å²) in [7, 11) is 0. The maximum absolute atomic E-state index is 12.6. The molecule has 16 N–H and O–H groups in total. The Balaban J connectivity index is -0.00000252. The van der Waals surface area contributed by atoms with E-state index in [9.17, 15) is 20.1 Å². The first kappa shape index (κ1) is 35.9. The van der Waals surface area contributed by atoms with Gasteiger partial charge in [0.15, 0.2) is 0 Å². The highest BCUT2D eigenvalue weighted by atomic mass is 35.5. The van der Waals surface area contributed by atoms with Crippen molar-refractivity contribution in [1.29, 1.82) is 0 Å². The highest BCUT2D eigenvalue weighted by Gasteiger charge is 2.27. The van der Waals surface area contributed by atoms with Crippen LogP contribution < -0.4 is 44.6 Å². The van der Waals surface area contributed by atoms with Crippen LogP contribution in [0.25, 0.3) is 0 Å². The number of nitrogens with one attached hydrogen (secondary N) is 2. The fraction of sp³-hybridized carbons (Fsp3) is 0.385. The summed E-state index contributed by atoms with van der Waals surface area (Å²) in [6.45, 7) is 3.12. The Bertz CT molecular complexity index is 1340. The quantitative estimate of drug-likeness (QED) is 0.165. The van der Waals surface area contributed by atoms with Gasteiger partial charge in [-0.1, -0.05) is 0 Å². The Kier molecular flexibility index (Phi) is 13.4. The third-order valence-electron chi connectivity index (χ3n) is 6.88. The fourth-order valence-electron chi connectivity index (χ4n) is 4.86. The van der Waals surface area contributed by atoms with Crippen LogP contribution in [0.4, 0.5) is 29.2 Å². The van der Waals surface area contributed by atoms with Crippen molar-refractivity contribution >= 4 is 47.5 Å². The highest BCUT2D eigenvalue weighted by molar-refractivity contribution is 6.07. The van der Waals surface area contributed by atoms with E-state index in [1.807, 2.05) is 0 Å². The molecule has 0 spiro atoms. The molecule has 2 fully saturated rings. The molecule has 1 atom stereocenters. The summed E-state index contributed by atoms with van der Waals surface area (Å²) in [6, 6.07) is 8.50. The van der Waals surface area contributed by atoms with E-state index in [0.29, 0.717) is 30.1 Å². The Morgan fingerprint density at radius 2 is 1.62 bits per heavy atom. The number of hydrogen-bond donors (Lipinski definition) is 9. The van der Waals surface area contributed by atoms with Gasteiger partial charge >= 0.3 is 0 Å². The zero-order valence-corrected chi connectivity index (χ0v) is 24.3. The van der Waals surface area contributed by atoms with E-state index in [1.54, 1.807) is 6.07 Å². The summed E-state index contributed by atoms with van der Waals surface area (Å²) in [5.74, 6) is 0.195. The summed E-state index contributed by atoms with van der Waals surface area (Å²) >= 11 is 0. The van der Waals surface area contributed by atoms with Crippen LogP contribution in [0.5, 0.6) is 17.2 Å². The molecule has 15 nitrogen and oxygen atoms in total. The Hall–Kier alpha value is -4.15. The lowest BCUT2D eigenvalue weighted by atomic mass is 10.1. The number of phenols is 3. The topological polar surface area (TPSA) is 278 Å². The van der Waals surface area contributed by atoms with Gasteiger partial charge in [0.2, 0.25) is 17.8 Å². The molecule has 2 aliphatic rings. The third-order valence-corrected chi connectivity index (χ3v) is 6.88. The molecule has 0 unspecified atom stereocenters. The Morgan fingerprint density at radius 1 is 0.905 bits per heavy atom. The minimum Gasteiger partial charge on any atom is -0.508 e. The normalized spacial score (nSPS) is 15.8. The van der Waals surface area contributed by atoms with Crippen molar-refractivity contribution in [1.82, 2.24) is 33.4 Å². The second-order valence-electron chi connectivity index (χ2n) is 9.54. The average molecular weight is 614 g/mol. The number of nitrogens with two attached hydrogens (primary N) is 1. The van der Waals surface area contributed by atoms with Crippen molar-refractivity contribution in [3.05, 3.63) is 42.0 Å². The highest BCUT2D eigenvalue weighted by Crippen LogP contribution is 2.31. The molecule has 3 heterocycles. The number of phenolic OH excluding ortho intramolecular Hbond substituents is 3. The van der Waals surface area contributed by atoms with Crippen LogP contribution in [0.2, 0.25) is 0 Å². The van der Waals surface area contributed by atoms with Crippen LogP contribution in [-0.2, 0) is 0 Å². The van der Waals surface area contributed by atoms with Crippen molar-refractivity contribution < 1.29 is 24.4 Å². The molecule has 0 aliphatic carbocycles. The molecular weight excluding hydrogens is 566 g/mol. The van der Waals surface area contributed by atoms with Gasteiger partial charge in [-0.2, -0.15) is 15.0 Å². The van der Waals surface area contributed by atoms with Crippen molar-refractivity contribution in [2.24, 2.45) is 5.73 Å². The number of nitrogens with zero attached hydrogens (tertiary/aromatic N) is 5. The molecule has 1 amide bonds. The molecule has 42 heavy (non-hydrogen) atoms. The first-order chi connectivity index (χ1) is 18.4. The summed E-state index contributed by atoms with van der Waals surface area (Å²) in [5.41, 5.74) is 6.64. The van der Waals surface area contributed by atoms with E-state index in [0.717, 1.165) is 51.4 Å². The van der Waals surface area contributed by atoms with Gasteiger partial charge in [0.25, 0.3) is 5.91 Å². The minimum absolute atomic E-state index is 0. The zero-order valence-electron chi connectivity index (χ0n) is 23.5. The van der Waals surface area contributed by atoms with Gasteiger partial charge in [-0.25, -0.2) is 0 Å². The lowest BCUT2D eigenvalue weighted by Gasteiger charge is -2.29. The number of benzene rings is 2. The number of carbonyl (C=O) groups excluding carboxylic acids is 1. The number of aromatic nitrogens is 3. The van der Waals surface area contributed by atoms with Crippen molar-refractivity contribution in [3.8, 4) is 17.2 Å². The third kappa shape index (κ3) is 7.98. The molecule has 2 aromatic carbocycles. The number of anilines is 5. The number of halogens is 1. The summed E-state index contributed by atoms with van der Waals surface area (Å²) in [6.07, 6.45) is 5.38. The molecule has 0 radical (unpaired) electrons. The van der Waals surface area contributed by atoms with Gasteiger partial charge in [0.05, 0.1) is 11.3 Å². The van der Waals surface area contributed by atoms with Crippen molar-refractivity contribution in [3.63, 3.8) is 0 Å². The van der Waals surface area contributed by atoms with Crippen molar-refractivity contribution in [2.75, 3.05) is 46.6 Å². The summed E-state index contributed by atoms with van der Waals surface area (Å²) < 4.78 is 0. The van der Waals surface area contributed by atoms with Crippen LogP contribution in [0.15, 0.2) is 36.4 Å².